The van der Waals surface area contributed by atoms with Gasteiger partial charge in [0.15, 0.2) is 0 Å². The Kier molecular flexibility index (Phi) is 7.17. The van der Waals surface area contributed by atoms with E-state index in [4.69, 9.17) is 19.8 Å². The SMILES string of the molecule is CC(F)=Cc1c(-c2cc3n(n2)CCN(C(=O)OC(C)(C)C)[C@@H]3C)nc(-c2cnc3c(c2)C(C)N(C)CC3)c2ccsc12. The van der Waals surface area contributed by atoms with Crippen LogP contribution < -0.4 is 0 Å². The van der Waals surface area contributed by atoms with Crippen LogP contribution in [0.25, 0.3) is 38.8 Å². The third-order valence-corrected chi connectivity index (χ3v) is 9.15. The van der Waals surface area contributed by atoms with Crippen LogP contribution in [0, 0.1) is 0 Å². The molecule has 2 aliphatic rings. The second kappa shape index (κ2) is 10.6. The summed E-state index contributed by atoms with van der Waals surface area (Å²) in [7, 11) is 2.14. The van der Waals surface area contributed by atoms with Crippen LogP contribution in [0.2, 0.25) is 0 Å². The van der Waals surface area contributed by atoms with E-state index in [-0.39, 0.29) is 24.0 Å². The van der Waals surface area contributed by atoms with Gasteiger partial charge in [-0.3, -0.25) is 19.5 Å². The molecule has 6 rings (SSSR count). The number of hydrogen-bond donors (Lipinski definition) is 0. The van der Waals surface area contributed by atoms with Crippen LogP contribution >= 0.6 is 11.3 Å². The molecule has 0 aliphatic carbocycles. The van der Waals surface area contributed by atoms with Crippen molar-refractivity contribution in [2.45, 2.75) is 72.2 Å². The molecule has 4 aromatic rings. The Labute approximate surface area is 249 Å². The number of pyridine rings is 2. The highest BCUT2D eigenvalue weighted by Crippen LogP contribution is 2.41. The Morgan fingerprint density at radius 1 is 1.14 bits per heavy atom. The van der Waals surface area contributed by atoms with Crippen LogP contribution in [0.4, 0.5) is 9.18 Å². The third-order valence-electron chi connectivity index (χ3n) is 8.21. The molecule has 0 saturated heterocycles. The number of ether oxygens (including phenoxy) is 1. The predicted molar refractivity (Wildman–Crippen MR) is 165 cm³/mol. The smallest absolute Gasteiger partial charge is 0.410 e. The molecule has 220 valence electrons. The lowest BCUT2D eigenvalue weighted by Crippen LogP contribution is -2.43. The van der Waals surface area contributed by atoms with E-state index in [1.54, 1.807) is 22.3 Å². The fourth-order valence-electron chi connectivity index (χ4n) is 5.90. The summed E-state index contributed by atoms with van der Waals surface area (Å²) in [5, 5.41) is 7.91. The lowest BCUT2D eigenvalue weighted by atomic mass is 9.95. The number of carbonyl (C=O) groups excluding carboxylic acids is 1. The molecule has 2 aliphatic heterocycles. The molecule has 10 heteroatoms. The van der Waals surface area contributed by atoms with Crippen molar-refractivity contribution in [3.63, 3.8) is 0 Å². The minimum absolute atomic E-state index is 0.245. The summed E-state index contributed by atoms with van der Waals surface area (Å²) in [5.41, 5.74) is 6.34. The lowest BCUT2D eigenvalue weighted by Gasteiger charge is -2.35. The van der Waals surface area contributed by atoms with Crippen LogP contribution in [-0.4, -0.2) is 61.4 Å². The maximum Gasteiger partial charge on any atom is 0.410 e. The number of amides is 1. The summed E-state index contributed by atoms with van der Waals surface area (Å²) >= 11 is 1.56. The molecule has 4 aromatic heterocycles. The minimum Gasteiger partial charge on any atom is -0.444 e. The van der Waals surface area contributed by atoms with E-state index in [2.05, 4.69) is 24.9 Å². The van der Waals surface area contributed by atoms with Gasteiger partial charge in [0.1, 0.15) is 11.3 Å². The Morgan fingerprint density at radius 3 is 2.67 bits per heavy atom. The van der Waals surface area contributed by atoms with Crippen molar-refractivity contribution in [3.05, 3.63) is 58.1 Å². The molecule has 1 unspecified atom stereocenters. The van der Waals surface area contributed by atoms with Gasteiger partial charge in [-0.25, -0.2) is 14.2 Å². The quantitative estimate of drug-likeness (QED) is 0.248. The topological polar surface area (TPSA) is 76.4 Å². The van der Waals surface area contributed by atoms with E-state index in [0.717, 1.165) is 45.7 Å². The van der Waals surface area contributed by atoms with Crippen molar-refractivity contribution in [1.29, 1.82) is 0 Å². The van der Waals surface area contributed by atoms with E-state index in [0.29, 0.717) is 30.0 Å². The minimum atomic E-state index is -0.583. The summed E-state index contributed by atoms with van der Waals surface area (Å²) in [6.45, 7) is 13.2. The molecule has 1 amide bonds. The van der Waals surface area contributed by atoms with Gasteiger partial charge in [-0.05, 0) is 83.8 Å². The summed E-state index contributed by atoms with van der Waals surface area (Å²) in [5.74, 6) is -0.304. The van der Waals surface area contributed by atoms with Gasteiger partial charge in [-0.2, -0.15) is 5.10 Å². The Hall–Kier alpha value is -3.63. The molecule has 0 aromatic carbocycles. The van der Waals surface area contributed by atoms with Gasteiger partial charge >= 0.3 is 6.09 Å². The summed E-state index contributed by atoms with van der Waals surface area (Å²) in [6, 6.07) is 6.24. The molecule has 0 spiro atoms. The number of likely N-dealkylation sites (N-methyl/N-ethyl adjacent to an activating group) is 1. The maximum atomic E-state index is 14.5. The highest BCUT2D eigenvalue weighted by molar-refractivity contribution is 7.17. The zero-order valence-corrected chi connectivity index (χ0v) is 26.0. The van der Waals surface area contributed by atoms with Crippen LogP contribution in [0.5, 0.6) is 0 Å². The number of allylic oxidation sites excluding steroid dienone is 1. The third kappa shape index (κ3) is 5.11. The van der Waals surface area contributed by atoms with Gasteiger partial charge in [0.25, 0.3) is 0 Å². The molecule has 0 radical (unpaired) electrons. The number of fused-ring (bicyclic) bond motifs is 3. The zero-order valence-electron chi connectivity index (χ0n) is 25.2. The molecule has 8 nitrogen and oxygen atoms in total. The van der Waals surface area contributed by atoms with Gasteiger partial charge in [-0.15, -0.1) is 11.3 Å². The van der Waals surface area contributed by atoms with Crippen LogP contribution in [0.15, 0.2) is 35.6 Å². The molecule has 0 N–H and O–H groups in total. The number of aromatic nitrogens is 4. The molecule has 0 saturated carbocycles. The number of thiophene rings is 1. The normalized spacial score (nSPS) is 19.6. The first-order valence-electron chi connectivity index (χ1n) is 14.4. The van der Waals surface area contributed by atoms with Gasteiger partial charge in [-0.1, -0.05) is 0 Å². The van der Waals surface area contributed by atoms with Gasteiger partial charge in [0, 0.05) is 58.7 Å². The van der Waals surface area contributed by atoms with Crippen molar-refractivity contribution in [3.8, 4) is 22.6 Å². The number of halogens is 1. The van der Waals surface area contributed by atoms with E-state index in [1.807, 2.05) is 56.1 Å². The molecule has 6 heterocycles. The largest absolute Gasteiger partial charge is 0.444 e. The van der Waals surface area contributed by atoms with Crippen molar-refractivity contribution >= 4 is 33.6 Å². The number of rotatable bonds is 3. The number of hydrogen-bond acceptors (Lipinski definition) is 7. The monoisotopic (exact) mass is 588 g/mol. The second-order valence-electron chi connectivity index (χ2n) is 12.3. The van der Waals surface area contributed by atoms with Crippen LogP contribution in [0.3, 0.4) is 0 Å². The lowest BCUT2D eigenvalue weighted by molar-refractivity contribution is 0.0120. The summed E-state index contributed by atoms with van der Waals surface area (Å²) in [4.78, 5) is 27.1. The first-order valence-corrected chi connectivity index (χ1v) is 15.3. The standard InChI is InChI=1S/C32H37FN6O2S/c1-18(33)14-24-29(26-16-27-20(3)38(11-12-39(27)36-26)31(40)41-32(4,5)6)35-28(22-9-13-42-30(22)24)21-15-23-19(2)37(7)10-8-25(23)34-17-21/h9,13-17,19-20H,8,10-12H2,1-7H3/t19?,20-/m1/s1. The van der Waals surface area contributed by atoms with Gasteiger partial charge < -0.3 is 4.74 Å². The molecular formula is C32H37FN6O2S. The van der Waals surface area contributed by atoms with Gasteiger partial charge in [0.2, 0.25) is 0 Å². The molecule has 42 heavy (non-hydrogen) atoms. The fourth-order valence-corrected chi connectivity index (χ4v) is 6.82. The highest BCUT2D eigenvalue weighted by atomic mass is 32.1. The van der Waals surface area contributed by atoms with Crippen LogP contribution in [-0.2, 0) is 17.7 Å². The average molecular weight is 589 g/mol. The van der Waals surface area contributed by atoms with Crippen molar-refractivity contribution in [2.24, 2.45) is 0 Å². The van der Waals surface area contributed by atoms with E-state index < -0.39 is 5.60 Å². The van der Waals surface area contributed by atoms with E-state index in [1.165, 1.54) is 12.5 Å². The first-order chi connectivity index (χ1) is 19.9. The molecule has 0 fully saturated rings. The Balaban J connectivity index is 1.48. The van der Waals surface area contributed by atoms with Gasteiger partial charge in [0.05, 0.1) is 35.5 Å². The zero-order chi connectivity index (χ0) is 29.9. The van der Waals surface area contributed by atoms with Crippen LogP contribution in [0.1, 0.15) is 76.1 Å². The molecular weight excluding hydrogens is 551 g/mol. The van der Waals surface area contributed by atoms with Crippen molar-refractivity contribution in [2.75, 3.05) is 20.1 Å². The van der Waals surface area contributed by atoms with E-state index >= 15 is 0 Å². The maximum absolute atomic E-state index is 14.5. The molecule has 2 atom stereocenters. The Morgan fingerprint density at radius 2 is 1.93 bits per heavy atom. The average Bonchev–Trinajstić information content (AvgIpc) is 3.58. The first kappa shape index (κ1) is 28.5. The van der Waals surface area contributed by atoms with Crippen molar-refractivity contribution < 1.29 is 13.9 Å². The summed E-state index contributed by atoms with van der Waals surface area (Å²) < 4.78 is 23.0. The highest BCUT2D eigenvalue weighted by Gasteiger charge is 2.33. The second-order valence-corrected chi connectivity index (χ2v) is 13.2. The molecule has 0 bridgehead atoms. The number of nitrogens with zero attached hydrogens (tertiary/aromatic N) is 6. The number of carbonyl (C=O) groups is 1. The predicted octanol–water partition coefficient (Wildman–Crippen LogP) is 7.41. The Bertz CT molecular complexity index is 1710. The van der Waals surface area contributed by atoms with E-state index in [9.17, 15) is 9.18 Å². The fraction of sp³-hybridized carbons (Fsp3) is 0.438. The summed E-state index contributed by atoms with van der Waals surface area (Å²) in [6.07, 6.45) is 4.03. The van der Waals surface area contributed by atoms with Crippen molar-refractivity contribution in [1.82, 2.24) is 29.5 Å².